The number of β-amino-alcohol motifs (C(OH)–C–C–N with tert-alkyl or cyclic N) is 1. The summed E-state index contributed by atoms with van der Waals surface area (Å²) in [7, 11) is 5.30. The Balaban J connectivity index is 1.58. The monoisotopic (exact) mass is 401 g/mol. The minimum Gasteiger partial charge on any atom is -0.493 e. The largest absolute Gasteiger partial charge is 0.493 e. The fraction of sp³-hybridized carbons (Fsp3) is 0.500. The zero-order valence-electron chi connectivity index (χ0n) is 17.5. The van der Waals surface area contributed by atoms with Gasteiger partial charge in [0.1, 0.15) is 12.4 Å². The van der Waals surface area contributed by atoms with E-state index in [2.05, 4.69) is 14.8 Å². The maximum absolute atomic E-state index is 11.1. The Morgan fingerprint density at radius 3 is 2.76 bits per heavy atom. The summed E-state index contributed by atoms with van der Waals surface area (Å²) in [5.41, 5.74) is 0.347. The molecule has 29 heavy (non-hydrogen) atoms. The standard InChI is InChI=1S/C22H31N3O4/c1-24(15-18-7-8-19(28-3)20(14-18)29-13-12-27-2)16-22(26)9-11-25(17-22)21-6-4-5-10-23-21/h4-8,10,14,26H,9,11-13,15-17H2,1-3H3. The van der Waals surface area contributed by atoms with Crippen molar-refractivity contribution >= 4 is 5.82 Å². The van der Waals surface area contributed by atoms with Crippen LogP contribution in [0, 0.1) is 0 Å². The van der Waals surface area contributed by atoms with Crippen LogP contribution in [0.15, 0.2) is 42.6 Å². The minimum atomic E-state index is -0.753. The summed E-state index contributed by atoms with van der Waals surface area (Å²) in [6.45, 7) is 3.67. The van der Waals surface area contributed by atoms with Crippen LogP contribution in [0.3, 0.4) is 0 Å². The van der Waals surface area contributed by atoms with E-state index in [0.717, 1.165) is 24.3 Å². The number of rotatable bonds is 10. The Kier molecular flexibility index (Phi) is 7.30. The predicted molar refractivity (Wildman–Crippen MR) is 113 cm³/mol. The van der Waals surface area contributed by atoms with E-state index in [1.165, 1.54) is 0 Å². The van der Waals surface area contributed by atoms with Gasteiger partial charge in [0, 0.05) is 39.5 Å². The van der Waals surface area contributed by atoms with Crippen LogP contribution in [0.25, 0.3) is 0 Å². The zero-order chi connectivity index (χ0) is 20.7. The molecule has 2 heterocycles. The van der Waals surface area contributed by atoms with Crippen molar-refractivity contribution in [3.63, 3.8) is 0 Å². The van der Waals surface area contributed by atoms with E-state index in [-0.39, 0.29) is 0 Å². The van der Waals surface area contributed by atoms with Crippen LogP contribution in [-0.4, -0.2) is 74.7 Å². The van der Waals surface area contributed by atoms with Gasteiger partial charge in [-0.05, 0) is 43.3 Å². The third kappa shape index (κ3) is 5.82. The molecule has 7 heteroatoms. The predicted octanol–water partition coefficient (Wildman–Crippen LogP) is 2.19. The number of likely N-dealkylation sites (N-methyl/N-ethyl adjacent to an activating group) is 1. The van der Waals surface area contributed by atoms with Crippen LogP contribution in [0.2, 0.25) is 0 Å². The van der Waals surface area contributed by atoms with Crippen molar-refractivity contribution < 1.29 is 19.3 Å². The molecule has 1 saturated heterocycles. The molecule has 0 saturated carbocycles. The first-order chi connectivity index (χ1) is 14.0. The molecule has 1 fully saturated rings. The highest BCUT2D eigenvalue weighted by molar-refractivity contribution is 5.43. The van der Waals surface area contributed by atoms with E-state index in [0.29, 0.717) is 44.3 Å². The lowest BCUT2D eigenvalue weighted by molar-refractivity contribution is 0.0279. The number of pyridine rings is 1. The molecule has 1 aromatic heterocycles. The van der Waals surface area contributed by atoms with Crippen molar-refractivity contribution in [2.75, 3.05) is 59.0 Å². The second kappa shape index (κ2) is 9.91. The Morgan fingerprint density at radius 1 is 1.17 bits per heavy atom. The van der Waals surface area contributed by atoms with Crippen molar-refractivity contribution in [3.8, 4) is 11.5 Å². The molecule has 0 amide bonds. The minimum absolute atomic E-state index is 0.468. The van der Waals surface area contributed by atoms with Gasteiger partial charge in [0.05, 0.1) is 19.3 Å². The number of hydrogen-bond acceptors (Lipinski definition) is 7. The van der Waals surface area contributed by atoms with Gasteiger partial charge >= 0.3 is 0 Å². The smallest absolute Gasteiger partial charge is 0.161 e. The summed E-state index contributed by atoms with van der Waals surface area (Å²) in [4.78, 5) is 8.68. The first-order valence-corrected chi connectivity index (χ1v) is 9.88. The Hall–Kier alpha value is -2.35. The van der Waals surface area contributed by atoms with E-state index in [4.69, 9.17) is 14.2 Å². The van der Waals surface area contributed by atoms with Crippen molar-refractivity contribution in [2.24, 2.45) is 0 Å². The maximum atomic E-state index is 11.1. The summed E-state index contributed by atoms with van der Waals surface area (Å²) >= 11 is 0. The lowest BCUT2D eigenvalue weighted by Crippen LogP contribution is -2.43. The number of hydrogen-bond donors (Lipinski definition) is 1. The number of methoxy groups -OCH3 is 2. The number of nitrogens with zero attached hydrogens (tertiary/aromatic N) is 3. The molecular weight excluding hydrogens is 370 g/mol. The van der Waals surface area contributed by atoms with Gasteiger partial charge in [0.2, 0.25) is 0 Å². The highest BCUT2D eigenvalue weighted by atomic mass is 16.5. The Labute approximate surface area is 172 Å². The van der Waals surface area contributed by atoms with E-state index in [1.54, 1.807) is 20.4 Å². The van der Waals surface area contributed by atoms with Crippen molar-refractivity contribution in [2.45, 2.75) is 18.6 Å². The van der Waals surface area contributed by atoms with Crippen LogP contribution in [0.4, 0.5) is 5.82 Å². The van der Waals surface area contributed by atoms with Crippen molar-refractivity contribution in [1.82, 2.24) is 9.88 Å². The SMILES string of the molecule is COCCOc1cc(CN(C)CC2(O)CCN(c3ccccn3)C2)ccc1OC. The molecule has 1 aromatic carbocycles. The molecule has 0 aliphatic carbocycles. The molecule has 7 nitrogen and oxygen atoms in total. The molecule has 0 bridgehead atoms. The molecular formula is C22H31N3O4. The second-order valence-corrected chi connectivity index (χ2v) is 7.58. The second-order valence-electron chi connectivity index (χ2n) is 7.58. The van der Waals surface area contributed by atoms with Gasteiger partial charge in [-0.15, -0.1) is 0 Å². The van der Waals surface area contributed by atoms with Crippen LogP contribution in [0.1, 0.15) is 12.0 Å². The van der Waals surface area contributed by atoms with E-state index < -0.39 is 5.60 Å². The van der Waals surface area contributed by atoms with E-state index >= 15 is 0 Å². The summed E-state index contributed by atoms with van der Waals surface area (Å²) in [6.07, 6.45) is 2.51. The molecule has 0 radical (unpaired) electrons. The fourth-order valence-corrected chi connectivity index (χ4v) is 3.76. The number of aliphatic hydroxyl groups is 1. The zero-order valence-corrected chi connectivity index (χ0v) is 17.5. The lowest BCUT2D eigenvalue weighted by Gasteiger charge is -2.29. The van der Waals surface area contributed by atoms with Crippen LogP contribution >= 0.6 is 0 Å². The number of aromatic nitrogens is 1. The number of anilines is 1. The topological polar surface area (TPSA) is 67.3 Å². The Morgan fingerprint density at radius 2 is 2.03 bits per heavy atom. The first-order valence-electron chi connectivity index (χ1n) is 9.88. The molecule has 158 valence electrons. The summed E-state index contributed by atoms with van der Waals surface area (Å²) in [5.74, 6) is 2.32. The van der Waals surface area contributed by atoms with Gasteiger partial charge < -0.3 is 24.2 Å². The van der Waals surface area contributed by atoms with Crippen LogP contribution < -0.4 is 14.4 Å². The van der Waals surface area contributed by atoms with E-state index in [1.807, 2.05) is 43.4 Å². The van der Waals surface area contributed by atoms with Gasteiger partial charge in [-0.2, -0.15) is 0 Å². The molecule has 1 aliphatic rings. The fourth-order valence-electron chi connectivity index (χ4n) is 3.76. The summed E-state index contributed by atoms with van der Waals surface area (Å²) in [6, 6.07) is 11.8. The molecule has 2 aromatic rings. The molecule has 1 N–H and O–H groups in total. The summed E-state index contributed by atoms with van der Waals surface area (Å²) in [5, 5.41) is 11.1. The van der Waals surface area contributed by atoms with E-state index in [9.17, 15) is 5.11 Å². The van der Waals surface area contributed by atoms with Gasteiger partial charge in [-0.25, -0.2) is 4.98 Å². The Bertz CT molecular complexity index is 774. The van der Waals surface area contributed by atoms with Crippen LogP contribution in [-0.2, 0) is 11.3 Å². The normalized spacial score (nSPS) is 19.0. The molecule has 3 rings (SSSR count). The third-order valence-corrected chi connectivity index (χ3v) is 5.10. The molecule has 0 spiro atoms. The average molecular weight is 402 g/mol. The third-order valence-electron chi connectivity index (χ3n) is 5.10. The van der Waals surface area contributed by atoms with Gasteiger partial charge in [0.25, 0.3) is 0 Å². The van der Waals surface area contributed by atoms with Crippen LogP contribution in [0.5, 0.6) is 11.5 Å². The first kappa shape index (κ1) is 21.4. The highest BCUT2D eigenvalue weighted by Gasteiger charge is 2.37. The summed E-state index contributed by atoms with van der Waals surface area (Å²) < 4.78 is 16.2. The van der Waals surface area contributed by atoms with Gasteiger partial charge in [-0.1, -0.05) is 12.1 Å². The van der Waals surface area contributed by atoms with Crippen molar-refractivity contribution in [3.05, 3.63) is 48.2 Å². The maximum Gasteiger partial charge on any atom is 0.161 e. The molecule has 1 unspecified atom stereocenters. The molecule has 1 atom stereocenters. The average Bonchev–Trinajstić information content (AvgIpc) is 3.10. The molecule has 1 aliphatic heterocycles. The number of benzene rings is 1. The van der Waals surface area contributed by atoms with Gasteiger partial charge in [-0.3, -0.25) is 4.90 Å². The quantitative estimate of drug-likeness (QED) is 0.612. The van der Waals surface area contributed by atoms with Crippen molar-refractivity contribution in [1.29, 1.82) is 0 Å². The van der Waals surface area contributed by atoms with Gasteiger partial charge in [0.15, 0.2) is 11.5 Å². The highest BCUT2D eigenvalue weighted by Crippen LogP contribution is 2.30. The lowest BCUT2D eigenvalue weighted by atomic mass is 10.0. The number of ether oxygens (including phenoxy) is 3.